The first-order valence-electron chi connectivity index (χ1n) is 9.59. The van der Waals surface area contributed by atoms with Gasteiger partial charge in [0, 0.05) is 17.7 Å². The van der Waals surface area contributed by atoms with Crippen molar-refractivity contribution in [3.8, 4) is 11.3 Å². The van der Waals surface area contributed by atoms with E-state index in [1.165, 1.54) is 13.2 Å². The first kappa shape index (κ1) is 21.0. The van der Waals surface area contributed by atoms with Crippen molar-refractivity contribution >= 4 is 11.9 Å². The number of benzene rings is 2. The summed E-state index contributed by atoms with van der Waals surface area (Å²) >= 11 is 0. The predicted molar refractivity (Wildman–Crippen MR) is 113 cm³/mol. The van der Waals surface area contributed by atoms with Crippen LogP contribution >= 0.6 is 0 Å². The van der Waals surface area contributed by atoms with Gasteiger partial charge in [0.25, 0.3) is 5.56 Å². The summed E-state index contributed by atoms with van der Waals surface area (Å²) in [5.74, 6) is -0.822. The Morgan fingerprint density at radius 2 is 1.67 bits per heavy atom. The number of methoxy groups -OCH3 is 1. The molecule has 3 aromatic rings. The van der Waals surface area contributed by atoms with Crippen LogP contribution < -0.4 is 10.9 Å². The number of hydrogen-bond donors (Lipinski definition) is 1. The molecule has 1 aromatic heterocycles. The Bertz CT molecular complexity index is 1050. The van der Waals surface area contributed by atoms with Gasteiger partial charge >= 0.3 is 5.97 Å². The molecule has 1 heterocycles. The molecule has 154 valence electrons. The van der Waals surface area contributed by atoms with E-state index < -0.39 is 17.9 Å². The summed E-state index contributed by atoms with van der Waals surface area (Å²) < 4.78 is 5.86. The van der Waals surface area contributed by atoms with Crippen LogP contribution in [0.5, 0.6) is 0 Å². The van der Waals surface area contributed by atoms with Gasteiger partial charge in [0.05, 0.1) is 19.2 Å². The maximum absolute atomic E-state index is 12.6. The predicted octanol–water partition coefficient (Wildman–Crippen LogP) is 2.20. The zero-order valence-electron chi connectivity index (χ0n) is 16.7. The fourth-order valence-corrected chi connectivity index (χ4v) is 3.09. The molecule has 0 fully saturated rings. The smallest absolute Gasteiger partial charge is 0.307 e. The molecular formula is C23H23N3O4. The molecule has 0 unspecified atom stereocenters. The first-order chi connectivity index (χ1) is 14.5. The van der Waals surface area contributed by atoms with Crippen LogP contribution in [-0.4, -0.2) is 34.8 Å². The molecule has 0 saturated carbocycles. The number of aromatic nitrogens is 2. The summed E-state index contributed by atoms with van der Waals surface area (Å²) in [6.45, 7) is -0.244. The minimum atomic E-state index is -0.458. The van der Waals surface area contributed by atoms with Crippen LogP contribution in [0.15, 0.2) is 77.6 Å². The monoisotopic (exact) mass is 405 g/mol. The lowest BCUT2D eigenvalue weighted by molar-refractivity contribution is -0.141. The number of carbonyl (C=O) groups excluding carboxylic acids is 2. The molecule has 3 rings (SSSR count). The molecule has 0 aliphatic carbocycles. The van der Waals surface area contributed by atoms with Gasteiger partial charge in [-0.3, -0.25) is 14.4 Å². The van der Waals surface area contributed by atoms with Gasteiger partial charge in [-0.1, -0.05) is 60.7 Å². The number of nitrogens with one attached hydrogen (secondary N) is 1. The second kappa shape index (κ2) is 10.2. The van der Waals surface area contributed by atoms with Crippen molar-refractivity contribution in [2.45, 2.75) is 25.4 Å². The zero-order chi connectivity index (χ0) is 21.3. The van der Waals surface area contributed by atoms with Gasteiger partial charge in [-0.15, -0.1) is 0 Å². The molecule has 2 aromatic carbocycles. The van der Waals surface area contributed by atoms with Crippen LogP contribution in [0.2, 0.25) is 0 Å². The number of rotatable bonds is 8. The van der Waals surface area contributed by atoms with E-state index >= 15 is 0 Å². The van der Waals surface area contributed by atoms with E-state index in [4.69, 9.17) is 4.74 Å². The molecule has 30 heavy (non-hydrogen) atoms. The third kappa shape index (κ3) is 5.88. The van der Waals surface area contributed by atoms with E-state index in [1.54, 1.807) is 6.07 Å². The summed E-state index contributed by atoms with van der Waals surface area (Å²) in [7, 11) is 1.31. The van der Waals surface area contributed by atoms with Crippen molar-refractivity contribution in [3.63, 3.8) is 0 Å². The first-order valence-corrected chi connectivity index (χ1v) is 9.59. The number of ether oxygens (including phenoxy) is 1. The maximum Gasteiger partial charge on any atom is 0.307 e. The van der Waals surface area contributed by atoms with E-state index in [9.17, 15) is 14.4 Å². The quantitative estimate of drug-likeness (QED) is 0.580. The van der Waals surface area contributed by atoms with E-state index in [0.717, 1.165) is 15.8 Å². The van der Waals surface area contributed by atoms with Crippen LogP contribution in [-0.2, 0) is 27.3 Å². The average molecular weight is 405 g/mol. The molecule has 1 atom stereocenters. The highest BCUT2D eigenvalue weighted by molar-refractivity contribution is 5.77. The topological polar surface area (TPSA) is 90.3 Å². The molecule has 0 saturated heterocycles. The molecule has 7 nitrogen and oxygen atoms in total. The maximum atomic E-state index is 12.6. The van der Waals surface area contributed by atoms with Gasteiger partial charge in [-0.05, 0) is 18.1 Å². The summed E-state index contributed by atoms with van der Waals surface area (Å²) in [6, 6.07) is 21.5. The normalized spacial score (nSPS) is 11.5. The second-order valence-electron chi connectivity index (χ2n) is 6.81. The Labute approximate surface area is 174 Å². The lowest BCUT2D eigenvalue weighted by Crippen LogP contribution is -2.41. The average Bonchev–Trinajstić information content (AvgIpc) is 2.76. The largest absolute Gasteiger partial charge is 0.469 e. The van der Waals surface area contributed by atoms with E-state index in [-0.39, 0.29) is 18.5 Å². The SMILES string of the molecule is COC(=O)C[C@H](Cc1ccccc1)NC(=O)Cn1nc(-c2ccccc2)ccc1=O. The molecule has 0 bridgehead atoms. The highest BCUT2D eigenvalue weighted by atomic mass is 16.5. The minimum Gasteiger partial charge on any atom is -0.469 e. The van der Waals surface area contributed by atoms with Crippen LogP contribution in [0.1, 0.15) is 12.0 Å². The Kier molecular flexibility index (Phi) is 7.10. The molecule has 1 N–H and O–H groups in total. The number of carbonyl (C=O) groups is 2. The summed E-state index contributed by atoms with van der Waals surface area (Å²) in [5, 5.41) is 7.13. The Balaban J connectivity index is 1.73. The Morgan fingerprint density at radius 1 is 1.00 bits per heavy atom. The molecular weight excluding hydrogens is 382 g/mol. The summed E-state index contributed by atoms with van der Waals surface area (Å²) in [6.07, 6.45) is 0.498. The third-order valence-corrected chi connectivity index (χ3v) is 4.56. The van der Waals surface area contributed by atoms with Crippen LogP contribution in [0.3, 0.4) is 0 Å². The van der Waals surface area contributed by atoms with Gasteiger partial charge in [0.2, 0.25) is 5.91 Å². The number of amides is 1. The molecule has 7 heteroatoms. The van der Waals surface area contributed by atoms with Crippen molar-refractivity contribution < 1.29 is 14.3 Å². The zero-order valence-corrected chi connectivity index (χ0v) is 16.7. The van der Waals surface area contributed by atoms with E-state index in [2.05, 4.69) is 10.4 Å². The highest BCUT2D eigenvalue weighted by Gasteiger charge is 2.18. The fourth-order valence-electron chi connectivity index (χ4n) is 3.09. The van der Waals surface area contributed by atoms with Crippen molar-refractivity contribution in [1.82, 2.24) is 15.1 Å². The van der Waals surface area contributed by atoms with Crippen molar-refractivity contribution in [2.75, 3.05) is 7.11 Å². The van der Waals surface area contributed by atoms with E-state index in [0.29, 0.717) is 12.1 Å². The minimum absolute atomic E-state index is 0.0313. The van der Waals surface area contributed by atoms with Gasteiger partial charge in [-0.25, -0.2) is 4.68 Å². The van der Waals surface area contributed by atoms with Gasteiger partial charge in [0.15, 0.2) is 0 Å². The van der Waals surface area contributed by atoms with Crippen LogP contribution in [0.4, 0.5) is 0 Å². The lowest BCUT2D eigenvalue weighted by Gasteiger charge is -2.18. The Hall–Kier alpha value is -3.74. The molecule has 0 spiro atoms. The number of nitrogens with zero attached hydrogens (tertiary/aromatic N) is 2. The van der Waals surface area contributed by atoms with Crippen molar-refractivity contribution in [2.24, 2.45) is 0 Å². The fraction of sp³-hybridized carbons (Fsp3) is 0.217. The Morgan fingerprint density at radius 3 is 2.33 bits per heavy atom. The number of esters is 1. The van der Waals surface area contributed by atoms with Gasteiger partial charge in [0.1, 0.15) is 6.54 Å². The van der Waals surface area contributed by atoms with Crippen molar-refractivity contribution in [1.29, 1.82) is 0 Å². The van der Waals surface area contributed by atoms with Crippen LogP contribution in [0.25, 0.3) is 11.3 Å². The highest BCUT2D eigenvalue weighted by Crippen LogP contribution is 2.14. The van der Waals surface area contributed by atoms with Gasteiger partial charge < -0.3 is 10.1 Å². The van der Waals surface area contributed by atoms with Crippen LogP contribution in [0, 0.1) is 0 Å². The van der Waals surface area contributed by atoms with Gasteiger partial charge in [-0.2, -0.15) is 5.10 Å². The summed E-state index contributed by atoms with van der Waals surface area (Å²) in [4.78, 5) is 36.6. The molecule has 0 aliphatic heterocycles. The lowest BCUT2D eigenvalue weighted by atomic mass is 10.0. The molecule has 0 radical (unpaired) electrons. The second-order valence-corrected chi connectivity index (χ2v) is 6.81. The third-order valence-electron chi connectivity index (χ3n) is 4.56. The van der Waals surface area contributed by atoms with Crippen molar-refractivity contribution in [3.05, 3.63) is 88.7 Å². The summed E-state index contributed by atoms with van der Waals surface area (Å²) in [5.41, 5.74) is 2.04. The number of hydrogen-bond acceptors (Lipinski definition) is 5. The van der Waals surface area contributed by atoms with E-state index in [1.807, 2.05) is 60.7 Å². The molecule has 1 amide bonds. The standard InChI is InChI=1S/C23H23N3O4/c1-30-23(29)15-19(14-17-8-4-2-5-9-17)24-21(27)16-26-22(28)13-12-20(25-26)18-10-6-3-7-11-18/h2-13,19H,14-16H2,1H3,(H,24,27)/t19-/m0/s1. The molecule has 0 aliphatic rings.